The second-order valence-electron chi connectivity index (χ2n) is 6.67. The predicted molar refractivity (Wildman–Crippen MR) is 92.2 cm³/mol. The van der Waals surface area contributed by atoms with Gasteiger partial charge in [0.2, 0.25) is 0 Å². The van der Waals surface area contributed by atoms with E-state index in [1.54, 1.807) is 0 Å². The Bertz CT molecular complexity index is 594. The third kappa shape index (κ3) is 4.73. The number of carbonyl (C=O) groups is 1. The zero-order chi connectivity index (χ0) is 16.0. The highest BCUT2D eigenvalue weighted by atomic mass is 16.1. The fourth-order valence-electron chi connectivity index (χ4n) is 2.36. The van der Waals surface area contributed by atoms with E-state index >= 15 is 0 Å². The van der Waals surface area contributed by atoms with E-state index in [1.165, 1.54) is 11.1 Å². The Hall–Kier alpha value is -2.09. The van der Waals surface area contributed by atoms with Crippen LogP contribution in [0.1, 0.15) is 48.7 Å². The van der Waals surface area contributed by atoms with Crippen LogP contribution in [0.2, 0.25) is 0 Å². The van der Waals surface area contributed by atoms with E-state index in [-0.39, 0.29) is 11.3 Å². The summed E-state index contributed by atoms with van der Waals surface area (Å²) in [5, 5.41) is 2.99. The molecule has 0 radical (unpaired) electrons. The molecule has 0 saturated carbocycles. The SMILES string of the molecule is CC(C)(C)c1ccc(C(=O)NCCCc2ccccc2)cc1. The van der Waals surface area contributed by atoms with Crippen LogP contribution in [-0.4, -0.2) is 12.5 Å². The zero-order valence-corrected chi connectivity index (χ0v) is 13.7. The van der Waals surface area contributed by atoms with Gasteiger partial charge in [0, 0.05) is 12.1 Å². The molecule has 0 atom stereocenters. The van der Waals surface area contributed by atoms with Crippen LogP contribution in [0.15, 0.2) is 54.6 Å². The van der Waals surface area contributed by atoms with Crippen molar-refractivity contribution in [1.82, 2.24) is 5.32 Å². The van der Waals surface area contributed by atoms with Crippen LogP contribution >= 0.6 is 0 Å². The van der Waals surface area contributed by atoms with Crippen molar-refractivity contribution in [2.24, 2.45) is 0 Å². The molecule has 2 rings (SSSR count). The molecule has 0 saturated heterocycles. The lowest BCUT2D eigenvalue weighted by Crippen LogP contribution is -2.25. The summed E-state index contributed by atoms with van der Waals surface area (Å²) >= 11 is 0. The third-order valence-corrected chi connectivity index (χ3v) is 3.78. The summed E-state index contributed by atoms with van der Waals surface area (Å²) in [6.45, 7) is 7.22. The van der Waals surface area contributed by atoms with E-state index < -0.39 is 0 Å². The Morgan fingerprint density at radius 3 is 2.18 bits per heavy atom. The number of hydrogen-bond acceptors (Lipinski definition) is 1. The lowest BCUT2D eigenvalue weighted by molar-refractivity contribution is 0.0953. The molecule has 0 bridgehead atoms. The van der Waals surface area contributed by atoms with Gasteiger partial charge >= 0.3 is 0 Å². The number of amides is 1. The maximum absolute atomic E-state index is 12.1. The van der Waals surface area contributed by atoms with Crippen molar-refractivity contribution in [3.8, 4) is 0 Å². The summed E-state index contributed by atoms with van der Waals surface area (Å²) in [5.74, 6) is 0.00789. The zero-order valence-electron chi connectivity index (χ0n) is 13.7. The highest BCUT2D eigenvalue weighted by Crippen LogP contribution is 2.22. The van der Waals surface area contributed by atoms with E-state index in [4.69, 9.17) is 0 Å². The second-order valence-corrected chi connectivity index (χ2v) is 6.67. The number of hydrogen-bond donors (Lipinski definition) is 1. The van der Waals surface area contributed by atoms with Crippen LogP contribution in [0, 0.1) is 0 Å². The number of benzene rings is 2. The number of carbonyl (C=O) groups excluding carboxylic acids is 1. The summed E-state index contributed by atoms with van der Waals surface area (Å²) in [6, 6.07) is 18.2. The molecule has 1 N–H and O–H groups in total. The van der Waals surface area contributed by atoms with Crippen LogP contribution in [0.25, 0.3) is 0 Å². The Labute approximate surface area is 133 Å². The van der Waals surface area contributed by atoms with Crippen molar-refractivity contribution in [3.05, 3.63) is 71.3 Å². The molecule has 0 aliphatic heterocycles. The van der Waals surface area contributed by atoms with E-state index in [9.17, 15) is 4.79 Å². The predicted octanol–water partition coefficient (Wildman–Crippen LogP) is 4.35. The largest absolute Gasteiger partial charge is 0.352 e. The molecule has 0 fully saturated rings. The van der Waals surface area contributed by atoms with Crippen molar-refractivity contribution in [2.75, 3.05) is 6.54 Å². The number of aryl methyl sites for hydroxylation is 1. The van der Waals surface area contributed by atoms with Crippen LogP contribution in [0.4, 0.5) is 0 Å². The normalized spacial score (nSPS) is 11.2. The molecule has 0 aromatic heterocycles. The van der Waals surface area contributed by atoms with Crippen LogP contribution in [-0.2, 0) is 11.8 Å². The second kappa shape index (κ2) is 7.26. The van der Waals surface area contributed by atoms with E-state index in [2.05, 4.69) is 38.2 Å². The molecule has 0 aliphatic carbocycles. The smallest absolute Gasteiger partial charge is 0.251 e. The molecule has 2 aromatic rings. The fourth-order valence-corrected chi connectivity index (χ4v) is 2.36. The molecular formula is C20H25NO. The summed E-state index contributed by atoms with van der Waals surface area (Å²) in [4.78, 5) is 12.1. The Morgan fingerprint density at radius 1 is 0.955 bits per heavy atom. The van der Waals surface area contributed by atoms with Gasteiger partial charge in [0.15, 0.2) is 0 Å². The van der Waals surface area contributed by atoms with Crippen molar-refractivity contribution >= 4 is 5.91 Å². The van der Waals surface area contributed by atoms with Gasteiger partial charge in [-0.05, 0) is 41.5 Å². The minimum atomic E-state index is 0.00789. The van der Waals surface area contributed by atoms with Gasteiger partial charge in [-0.1, -0.05) is 63.2 Å². The molecule has 0 aliphatic rings. The molecule has 0 heterocycles. The minimum Gasteiger partial charge on any atom is -0.352 e. The molecule has 0 unspecified atom stereocenters. The summed E-state index contributed by atoms with van der Waals surface area (Å²) in [5.41, 5.74) is 3.40. The maximum atomic E-state index is 12.1. The molecule has 2 aromatic carbocycles. The first-order chi connectivity index (χ1) is 10.5. The lowest BCUT2D eigenvalue weighted by atomic mass is 9.87. The van der Waals surface area contributed by atoms with Gasteiger partial charge in [0.05, 0.1) is 0 Å². The Morgan fingerprint density at radius 2 is 1.59 bits per heavy atom. The average molecular weight is 295 g/mol. The maximum Gasteiger partial charge on any atom is 0.251 e. The average Bonchev–Trinajstić information content (AvgIpc) is 2.52. The third-order valence-electron chi connectivity index (χ3n) is 3.78. The molecule has 0 spiro atoms. The van der Waals surface area contributed by atoms with Gasteiger partial charge in [0.25, 0.3) is 5.91 Å². The van der Waals surface area contributed by atoms with Crippen LogP contribution in [0.3, 0.4) is 0 Å². The van der Waals surface area contributed by atoms with Crippen LogP contribution in [0.5, 0.6) is 0 Å². The Kier molecular flexibility index (Phi) is 5.37. The van der Waals surface area contributed by atoms with Crippen molar-refractivity contribution < 1.29 is 4.79 Å². The fraction of sp³-hybridized carbons (Fsp3) is 0.350. The highest BCUT2D eigenvalue weighted by Gasteiger charge is 2.14. The molecule has 2 heteroatoms. The highest BCUT2D eigenvalue weighted by molar-refractivity contribution is 5.94. The molecular weight excluding hydrogens is 270 g/mol. The van der Waals surface area contributed by atoms with Crippen molar-refractivity contribution in [2.45, 2.75) is 39.0 Å². The van der Waals surface area contributed by atoms with Crippen molar-refractivity contribution in [1.29, 1.82) is 0 Å². The molecule has 22 heavy (non-hydrogen) atoms. The lowest BCUT2D eigenvalue weighted by Gasteiger charge is -2.19. The Balaban J connectivity index is 1.80. The number of rotatable bonds is 5. The standard InChI is InChI=1S/C20H25NO/c1-20(2,3)18-13-11-17(12-14-18)19(22)21-15-7-10-16-8-5-4-6-9-16/h4-6,8-9,11-14H,7,10,15H2,1-3H3,(H,21,22). The minimum absolute atomic E-state index is 0.00789. The monoisotopic (exact) mass is 295 g/mol. The van der Waals surface area contributed by atoms with Crippen molar-refractivity contribution in [3.63, 3.8) is 0 Å². The topological polar surface area (TPSA) is 29.1 Å². The summed E-state index contributed by atoms with van der Waals surface area (Å²) in [7, 11) is 0. The van der Waals surface area contributed by atoms with E-state index in [0.717, 1.165) is 18.4 Å². The first kappa shape index (κ1) is 16.3. The van der Waals surface area contributed by atoms with Gasteiger partial charge in [0.1, 0.15) is 0 Å². The van der Waals surface area contributed by atoms with Crippen LogP contribution < -0.4 is 5.32 Å². The van der Waals surface area contributed by atoms with Gasteiger partial charge < -0.3 is 5.32 Å². The summed E-state index contributed by atoms with van der Waals surface area (Å²) < 4.78 is 0. The van der Waals surface area contributed by atoms with Gasteiger partial charge in [-0.2, -0.15) is 0 Å². The molecule has 116 valence electrons. The number of nitrogens with one attached hydrogen (secondary N) is 1. The summed E-state index contributed by atoms with van der Waals surface area (Å²) in [6.07, 6.45) is 1.94. The first-order valence-corrected chi connectivity index (χ1v) is 7.89. The van der Waals surface area contributed by atoms with E-state index in [1.807, 2.05) is 42.5 Å². The van der Waals surface area contributed by atoms with E-state index in [0.29, 0.717) is 6.54 Å². The molecule has 2 nitrogen and oxygen atoms in total. The van der Waals surface area contributed by atoms with Gasteiger partial charge in [-0.3, -0.25) is 4.79 Å². The van der Waals surface area contributed by atoms with Gasteiger partial charge in [-0.15, -0.1) is 0 Å². The first-order valence-electron chi connectivity index (χ1n) is 7.89. The van der Waals surface area contributed by atoms with Gasteiger partial charge in [-0.25, -0.2) is 0 Å². The molecule has 1 amide bonds. The quantitative estimate of drug-likeness (QED) is 0.817.